The number of hydrogen-bond acceptors (Lipinski definition) is 4. The van der Waals surface area contributed by atoms with Crippen LogP contribution in [-0.4, -0.2) is 8.94 Å². The molecule has 5 heteroatoms. The van der Waals surface area contributed by atoms with E-state index in [1.165, 1.54) is 11.5 Å². The summed E-state index contributed by atoms with van der Waals surface area (Å²) in [6, 6.07) is 0. The molecule has 1 rings (SSSR count). The van der Waals surface area contributed by atoms with Crippen LogP contribution in [0.5, 0.6) is 0 Å². The number of hydrogen-bond donors (Lipinski definition) is 1. The minimum Gasteiger partial charge on any atom is -0.374 e. The summed E-state index contributed by atoms with van der Waals surface area (Å²) in [4.78, 5) is 14.5. The van der Waals surface area contributed by atoms with Crippen molar-refractivity contribution in [3.05, 3.63) is 10.5 Å². The highest BCUT2D eigenvalue weighted by Gasteiger charge is 2.03. The highest BCUT2D eigenvalue weighted by atomic mass is 32.1. The fourth-order valence-corrected chi connectivity index (χ4v) is 1.61. The summed E-state index contributed by atoms with van der Waals surface area (Å²) in [6.07, 6.45) is 0. The molecule has 0 unspecified atom stereocenters. The van der Waals surface area contributed by atoms with Crippen LogP contribution < -0.4 is 11.4 Å². The van der Waals surface area contributed by atoms with Crippen LogP contribution in [0.4, 0.5) is 5.13 Å². The van der Waals surface area contributed by atoms with E-state index in [0.717, 1.165) is 0 Å². The van der Waals surface area contributed by atoms with Gasteiger partial charge in [-0.2, -0.15) is 4.98 Å². The molecule has 0 aliphatic heterocycles. The van der Waals surface area contributed by atoms with Crippen LogP contribution in [0.15, 0.2) is 4.79 Å². The monoisotopic (exact) mass is 173 g/mol. The lowest BCUT2D eigenvalue weighted by atomic mass is 10.2. The van der Waals surface area contributed by atoms with Gasteiger partial charge in [-0.25, -0.2) is 8.75 Å². The Labute approximate surface area is 68.8 Å². The van der Waals surface area contributed by atoms with Gasteiger partial charge in [0.1, 0.15) is 0 Å². The zero-order valence-electron chi connectivity index (χ0n) is 6.57. The lowest BCUT2D eigenvalue weighted by molar-refractivity contribution is 0.537. The molecule has 0 fully saturated rings. The first-order valence-corrected chi connectivity index (χ1v) is 4.20. The van der Waals surface area contributed by atoms with Gasteiger partial charge in [-0.3, -0.25) is 0 Å². The second-order valence-electron chi connectivity index (χ2n) is 2.78. The summed E-state index contributed by atoms with van der Waals surface area (Å²) in [5.74, 6) is 0.451. The number of nitrogens with zero attached hydrogens (tertiary/aromatic N) is 2. The van der Waals surface area contributed by atoms with Gasteiger partial charge in [0.2, 0.25) is 5.13 Å². The Hall–Kier alpha value is -0.840. The van der Waals surface area contributed by atoms with Crippen LogP contribution in [0, 0.1) is 5.92 Å². The molecular weight excluding hydrogens is 162 g/mol. The van der Waals surface area contributed by atoms with Crippen LogP contribution >= 0.6 is 11.5 Å². The average molecular weight is 173 g/mol. The molecule has 0 atom stereocenters. The standard InChI is InChI=1S/C6H11N3OS/c1-4(2)3-9-6(10)8-5(7)11-9/h4H,3H2,1-2H3,(H2,7,8,10). The topological polar surface area (TPSA) is 60.9 Å². The number of anilines is 1. The molecule has 0 aliphatic carbocycles. The Morgan fingerprint density at radius 1 is 1.73 bits per heavy atom. The van der Waals surface area contributed by atoms with Gasteiger partial charge in [-0.1, -0.05) is 13.8 Å². The van der Waals surface area contributed by atoms with Gasteiger partial charge in [0.05, 0.1) is 0 Å². The second kappa shape index (κ2) is 3.04. The van der Waals surface area contributed by atoms with E-state index in [0.29, 0.717) is 17.6 Å². The van der Waals surface area contributed by atoms with E-state index in [-0.39, 0.29) is 5.69 Å². The van der Waals surface area contributed by atoms with Crippen LogP contribution in [0.1, 0.15) is 13.8 Å². The highest BCUT2D eigenvalue weighted by Crippen LogP contribution is 2.05. The average Bonchev–Trinajstić information content (AvgIpc) is 2.09. The van der Waals surface area contributed by atoms with Crippen molar-refractivity contribution in [1.29, 1.82) is 0 Å². The molecule has 1 aromatic heterocycles. The first kappa shape index (κ1) is 8.26. The van der Waals surface area contributed by atoms with E-state index in [2.05, 4.69) is 4.98 Å². The van der Waals surface area contributed by atoms with Gasteiger partial charge in [0.25, 0.3) is 0 Å². The molecular formula is C6H11N3OS. The summed E-state index contributed by atoms with van der Waals surface area (Å²) in [5.41, 5.74) is 5.11. The smallest absolute Gasteiger partial charge is 0.359 e. The van der Waals surface area contributed by atoms with Gasteiger partial charge in [-0.15, -0.1) is 0 Å². The van der Waals surface area contributed by atoms with Gasteiger partial charge in [0, 0.05) is 6.54 Å². The quantitative estimate of drug-likeness (QED) is 0.710. The van der Waals surface area contributed by atoms with E-state index in [9.17, 15) is 4.79 Å². The molecule has 1 heterocycles. The molecule has 2 N–H and O–H groups in total. The first-order valence-electron chi connectivity index (χ1n) is 3.43. The highest BCUT2D eigenvalue weighted by molar-refractivity contribution is 7.10. The predicted octanol–water partition coefficient (Wildman–Crippen LogP) is 0.543. The van der Waals surface area contributed by atoms with Crippen molar-refractivity contribution in [3.8, 4) is 0 Å². The lowest BCUT2D eigenvalue weighted by Crippen LogP contribution is -2.17. The minimum absolute atomic E-state index is 0.235. The molecule has 62 valence electrons. The largest absolute Gasteiger partial charge is 0.374 e. The zero-order chi connectivity index (χ0) is 8.43. The summed E-state index contributed by atoms with van der Waals surface area (Å²) in [6.45, 7) is 4.79. The van der Waals surface area contributed by atoms with Gasteiger partial charge in [-0.05, 0) is 17.5 Å². The van der Waals surface area contributed by atoms with E-state index < -0.39 is 0 Å². The van der Waals surface area contributed by atoms with E-state index in [1.807, 2.05) is 13.8 Å². The number of rotatable bonds is 2. The molecule has 0 amide bonds. The van der Waals surface area contributed by atoms with Crippen molar-refractivity contribution in [1.82, 2.24) is 8.94 Å². The Bertz CT molecular complexity index is 288. The third kappa shape index (κ3) is 2.04. The Morgan fingerprint density at radius 2 is 2.36 bits per heavy atom. The second-order valence-corrected chi connectivity index (χ2v) is 3.82. The van der Waals surface area contributed by atoms with Crippen LogP contribution in [0.2, 0.25) is 0 Å². The zero-order valence-corrected chi connectivity index (χ0v) is 7.39. The minimum atomic E-state index is -0.235. The third-order valence-electron chi connectivity index (χ3n) is 1.15. The van der Waals surface area contributed by atoms with Crippen molar-refractivity contribution < 1.29 is 0 Å². The summed E-state index contributed by atoms with van der Waals surface area (Å²) in [7, 11) is 0. The molecule has 0 bridgehead atoms. The summed E-state index contributed by atoms with van der Waals surface area (Å²) in [5, 5.41) is 0.343. The molecule has 11 heavy (non-hydrogen) atoms. The summed E-state index contributed by atoms with van der Waals surface area (Å²) >= 11 is 1.21. The van der Waals surface area contributed by atoms with Crippen LogP contribution in [-0.2, 0) is 6.54 Å². The van der Waals surface area contributed by atoms with Crippen molar-refractivity contribution in [2.24, 2.45) is 5.92 Å². The maximum absolute atomic E-state index is 11.0. The van der Waals surface area contributed by atoms with E-state index in [1.54, 1.807) is 3.96 Å². The molecule has 1 aromatic rings. The molecule has 0 saturated carbocycles. The molecule has 0 spiro atoms. The van der Waals surface area contributed by atoms with Crippen molar-refractivity contribution in [3.63, 3.8) is 0 Å². The Balaban J connectivity index is 2.86. The van der Waals surface area contributed by atoms with E-state index in [4.69, 9.17) is 5.73 Å². The molecule has 0 radical (unpaired) electrons. The predicted molar refractivity (Wildman–Crippen MR) is 45.6 cm³/mol. The normalized spacial score (nSPS) is 10.8. The fraction of sp³-hybridized carbons (Fsp3) is 0.667. The maximum Gasteiger partial charge on any atom is 0.359 e. The molecule has 0 aliphatic rings. The van der Waals surface area contributed by atoms with Crippen molar-refractivity contribution in [2.45, 2.75) is 20.4 Å². The molecule has 0 saturated heterocycles. The Kier molecular flexibility index (Phi) is 2.28. The summed E-state index contributed by atoms with van der Waals surface area (Å²) < 4.78 is 1.57. The first-order chi connectivity index (χ1) is 5.09. The fourth-order valence-electron chi connectivity index (χ4n) is 0.769. The number of aromatic nitrogens is 2. The number of nitrogen functional groups attached to an aromatic ring is 1. The molecule has 4 nitrogen and oxygen atoms in total. The van der Waals surface area contributed by atoms with Crippen LogP contribution in [0.3, 0.4) is 0 Å². The molecule has 0 aromatic carbocycles. The maximum atomic E-state index is 11.0. The Morgan fingerprint density at radius 3 is 2.73 bits per heavy atom. The van der Waals surface area contributed by atoms with Gasteiger partial charge >= 0.3 is 5.69 Å². The lowest BCUT2D eigenvalue weighted by Gasteiger charge is -2.00. The van der Waals surface area contributed by atoms with Gasteiger partial charge in [0.15, 0.2) is 0 Å². The van der Waals surface area contributed by atoms with Crippen molar-refractivity contribution >= 4 is 16.7 Å². The number of nitrogens with two attached hydrogens (primary N) is 1. The SMILES string of the molecule is CC(C)Cn1sc(N)nc1=O. The third-order valence-corrected chi connectivity index (χ3v) is 1.96. The van der Waals surface area contributed by atoms with Gasteiger partial charge < -0.3 is 5.73 Å². The van der Waals surface area contributed by atoms with E-state index >= 15 is 0 Å². The van der Waals surface area contributed by atoms with Crippen LogP contribution in [0.25, 0.3) is 0 Å². The van der Waals surface area contributed by atoms with Crippen molar-refractivity contribution in [2.75, 3.05) is 5.73 Å².